The lowest BCUT2D eigenvalue weighted by Crippen LogP contribution is -2.41. The van der Waals surface area contributed by atoms with Crippen LogP contribution in [0.3, 0.4) is 0 Å². The summed E-state index contributed by atoms with van der Waals surface area (Å²) in [6, 6.07) is -1.20. The number of carbonyl (C=O) groups excluding carboxylic acids is 2. The number of amides is 2. The summed E-state index contributed by atoms with van der Waals surface area (Å²) < 4.78 is 0. The molecular weight excluding hydrogens is 458 g/mol. The highest BCUT2D eigenvalue weighted by molar-refractivity contribution is 5.93. The van der Waals surface area contributed by atoms with Crippen LogP contribution >= 0.6 is 0 Å². The molecule has 6 N–H and O–H groups in total. The Hall–Kier alpha value is -3.44. The molecule has 2 rings (SSSR count). The average Bonchev–Trinajstić information content (AvgIpc) is 2.75. The average molecular weight is 494 g/mol. The van der Waals surface area contributed by atoms with Crippen LogP contribution in [0.4, 0.5) is 11.8 Å². The molecule has 12 nitrogen and oxygen atoms in total. The SMILES string of the molecule is CC(C)(C)C(=O)Nc1nc(O)c2c(n1)NCC(CCCCCC(=O)N[C@H](CCC(=O)O)C(=O)O)C2. The Balaban J connectivity index is 1.75. The van der Waals surface area contributed by atoms with E-state index in [0.717, 1.165) is 19.3 Å². The number of aromatic hydroxyl groups is 1. The topological polar surface area (TPSA) is 191 Å². The summed E-state index contributed by atoms with van der Waals surface area (Å²) in [5.41, 5.74) is -0.0117. The van der Waals surface area contributed by atoms with Crippen LogP contribution in [0.2, 0.25) is 0 Å². The van der Waals surface area contributed by atoms with Gasteiger partial charge in [-0.05, 0) is 31.6 Å². The van der Waals surface area contributed by atoms with E-state index < -0.39 is 29.3 Å². The fourth-order valence-corrected chi connectivity index (χ4v) is 3.64. The number of hydrogen-bond acceptors (Lipinski definition) is 8. The zero-order valence-corrected chi connectivity index (χ0v) is 20.4. The summed E-state index contributed by atoms with van der Waals surface area (Å²) in [6.45, 7) is 5.96. The first-order chi connectivity index (χ1) is 16.4. The molecular formula is C23H35N5O7. The second kappa shape index (κ2) is 12.3. The number of nitrogens with zero attached hydrogens (tertiary/aromatic N) is 2. The number of aliphatic carboxylic acids is 2. The summed E-state index contributed by atoms with van der Waals surface area (Å²) in [7, 11) is 0. The number of carbonyl (C=O) groups is 4. The molecule has 1 aliphatic heterocycles. The number of carboxylic acid groups (broad SMARTS) is 2. The van der Waals surface area contributed by atoms with Gasteiger partial charge in [-0.25, -0.2) is 4.79 Å². The van der Waals surface area contributed by atoms with Crippen LogP contribution in [-0.4, -0.2) is 61.6 Å². The van der Waals surface area contributed by atoms with E-state index in [1.807, 2.05) is 0 Å². The molecule has 35 heavy (non-hydrogen) atoms. The molecule has 194 valence electrons. The standard InChI is InChI=1S/C23H35N5O7/c1-23(2,3)21(35)28-22-26-18-14(19(32)27-22)11-13(12-24-18)7-5-4-6-8-16(29)25-15(20(33)34)9-10-17(30)31/h13,15H,4-12H2,1-3H3,(H,25,29)(H,30,31)(H,33,34)(H3,24,26,27,28,32,35)/t13?,15-/m1/s1. The van der Waals surface area contributed by atoms with Crippen molar-refractivity contribution in [1.29, 1.82) is 0 Å². The molecule has 0 fully saturated rings. The van der Waals surface area contributed by atoms with Crippen LogP contribution in [0.5, 0.6) is 5.88 Å². The van der Waals surface area contributed by atoms with Crippen molar-refractivity contribution in [3.63, 3.8) is 0 Å². The summed E-state index contributed by atoms with van der Waals surface area (Å²) in [5.74, 6) is -2.38. The summed E-state index contributed by atoms with van der Waals surface area (Å²) >= 11 is 0. The van der Waals surface area contributed by atoms with Crippen molar-refractivity contribution >= 4 is 35.5 Å². The third-order valence-electron chi connectivity index (χ3n) is 5.74. The molecule has 0 aromatic carbocycles. The van der Waals surface area contributed by atoms with Crippen LogP contribution < -0.4 is 16.0 Å². The van der Waals surface area contributed by atoms with Crippen molar-refractivity contribution in [1.82, 2.24) is 15.3 Å². The van der Waals surface area contributed by atoms with Crippen LogP contribution in [0.1, 0.15) is 71.3 Å². The van der Waals surface area contributed by atoms with Gasteiger partial charge in [0.25, 0.3) is 0 Å². The predicted molar refractivity (Wildman–Crippen MR) is 127 cm³/mol. The Bertz CT molecular complexity index is 945. The van der Waals surface area contributed by atoms with Gasteiger partial charge < -0.3 is 26.0 Å². The van der Waals surface area contributed by atoms with E-state index in [2.05, 4.69) is 25.9 Å². The molecule has 2 atom stereocenters. The van der Waals surface area contributed by atoms with Gasteiger partial charge in [0.15, 0.2) is 0 Å². The lowest BCUT2D eigenvalue weighted by molar-refractivity contribution is -0.143. The van der Waals surface area contributed by atoms with Gasteiger partial charge in [0.05, 0.1) is 5.56 Å². The summed E-state index contributed by atoms with van der Waals surface area (Å²) in [4.78, 5) is 54.2. The molecule has 0 spiro atoms. The summed E-state index contributed by atoms with van der Waals surface area (Å²) in [6.07, 6.45) is 3.32. The minimum atomic E-state index is -1.25. The predicted octanol–water partition coefficient (Wildman–Crippen LogP) is 2.14. The minimum absolute atomic E-state index is 0.0542. The Morgan fingerprint density at radius 2 is 1.80 bits per heavy atom. The third-order valence-corrected chi connectivity index (χ3v) is 5.74. The van der Waals surface area contributed by atoms with Gasteiger partial charge in [-0.1, -0.05) is 33.6 Å². The number of hydrogen-bond donors (Lipinski definition) is 6. The molecule has 0 saturated heterocycles. The van der Waals surface area contributed by atoms with Crippen LogP contribution in [-0.2, 0) is 25.6 Å². The number of aromatic nitrogens is 2. The Kier molecular flexibility index (Phi) is 9.78. The molecule has 12 heteroatoms. The highest BCUT2D eigenvalue weighted by atomic mass is 16.4. The van der Waals surface area contributed by atoms with Gasteiger partial charge in [-0.3, -0.25) is 19.7 Å². The first-order valence-corrected chi connectivity index (χ1v) is 11.8. The quantitative estimate of drug-likeness (QED) is 0.235. The van der Waals surface area contributed by atoms with Crippen molar-refractivity contribution in [3.05, 3.63) is 5.56 Å². The van der Waals surface area contributed by atoms with Gasteiger partial charge in [0.2, 0.25) is 23.6 Å². The highest BCUT2D eigenvalue weighted by Gasteiger charge is 2.26. The second-order valence-corrected chi connectivity index (χ2v) is 9.84. The maximum atomic E-state index is 12.1. The van der Waals surface area contributed by atoms with Crippen LogP contribution in [0.15, 0.2) is 0 Å². The van der Waals surface area contributed by atoms with Crippen molar-refractivity contribution in [2.75, 3.05) is 17.2 Å². The molecule has 2 heterocycles. The maximum absolute atomic E-state index is 12.1. The Morgan fingerprint density at radius 3 is 2.43 bits per heavy atom. The van der Waals surface area contributed by atoms with E-state index >= 15 is 0 Å². The third kappa shape index (κ3) is 9.02. The normalized spacial score (nSPS) is 15.9. The van der Waals surface area contributed by atoms with E-state index in [-0.39, 0.29) is 42.9 Å². The van der Waals surface area contributed by atoms with Gasteiger partial charge in [-0.2, -0.15) is 9.97 Å². The largest absolute Gasteiger partial charge is 0.493 e. The van der Waals surface area contributed by atoms with Crippen molar-refractivity contribution < 1.29 is 34.5 Å². The smallest absolute Gasteiger partial charge is 0.326 e. The number of anilines is 2. The molecule has 1 aromatic heterocycles. The first-order valence-electron chi connectivity index (χ1n) is 11.8. The lowest BCUT2D eigenvalue weighted by Gasteiger charge is -2.26. The fourth-order valence-electron chi connectivity index (χ4n) is 3.64. The van der Waals surface area contributed by atoms with Crippen LogP contribution in [0.25, 0.3) is 0 Å². The van der Waals surface area contributed by atoms with E-state index in [0.29, 0.717) is 30.8 Å². The summed E-state index contributed by atoms with van der Waals surface area (Å²) in [5, 5.41) is 36.3. The fraction of sp³-hybridized carbons (Fsp3) is 0.652. The minimum Gasteiger partial charge on any atom is -0.493 e. The molecule has 1 unspecified atom stereocenters. The Morgan fingerprint density at radius 1 is 1.09 bits per heavy atom. The molecule has 0 radical (unpaired) electrons. The molecule has 0 saturated carbocycles. The zero-order valence-electron chi connectivity index (χ0n) is 20.4. The monoisotopic (exact) mass is 493 g/mol. The Labute approximate surface area is 203 Å². The van der Waals surface area contributed by atoms with E-state index in [9.17, 15) is 24.3 Å². The van der Waals surface area contributed by atoms with Crippen molar-refractivity contribution in [3.8, 4) is 5.88 Å². The molecule has 0 bridgehead atoms. The number of unbranched alkanes of at least 4 members (excludes halogenated alkanes) is 2. The van der Waals surface area contributed by atoms with Gasteiger partial charge >= 0.3 is 11.9 Å². The first kappa shape index (κ1) is 27.8. The number of carboxylic acids is 2. The van der Waals surface area contributed by atoms with Gasteiger partial charge in [0, 0.05) is 24.8 Å². The molecule has 2 amide bonds. The highest BCUT2D eigenvalue weighted by Crippen LogP contribution is 2.32. The number of fused-ring (bicyclic) bond motifs is 1. The second-order valence-electron chi connectivity index (χ2n) is 9.84. The molecule has 1 aromatic rings. The van der Waals surface area contributed by atoms with Crippen molar-refractivity contribution in [2.45, 2.75) is 78.2 Å². The molecule has 1 aliphatic rings. The van der Waals surface area contributed by atoms with Gasteiger partial charge in [-0.15, -0.1) is 0 Å². The van der Waals surface area contributed by atoms with E-state index in [4.69, 9.17) is 10.2 Å². The zero-order chi connectivity index (χ0) is 26.2. The lowest BCUT2D eigenvalue weighted by atomic mass is 9.91. The van der Waals surface area contributed by atoms with E-state index in [1.165, 1.54) is 0 Å². The van der Waals surface area contributed by atoms with E-state index in [1.54, 1.807) is 20.8 Å². The van der Waals surface area contributed by atoms with Crippen molar-refractivity contribution in [2.24, 2.45) is 11.3 Å². The van der Waals surface area contributed by atoms with Gasteiger partial charge in [0.1, 0.15) is 11.9 Å². The van der Waals surface area contributed by atoms with Crippen LogP contribution in [0, 0.1) is 11.3 Å². The maximum Gasteiger partial charge on any atom is 0.326 e. The number of nitrogens with one attached hydrogen (secondary N) is 3. The number of rotatable bonds is 12. The molecule has 0 aliphatic carbocycles.